The van der Waals surface area contributed by atoms with Crippen molar-refractivity contribution in [2.75, 3.05) is 0 Å². The molecule has 7 nitrogen and oxygen atoms in total. The highest BCUT2D eigenvalue weighted by Gasteiger charge is 2.30. The Labute approximate surface area is 116 Å². The van der Waals surface area contributed by atoms with Crippen LogP contribution < -0.4 is 5.32 Å². The van der Waals surface area contributed by atoms with E-state index in [0.29, 0.717) is 43.8 Å². The van der Waals surface area contributed by atoms with Crippen LogP contribution in [0, 0.1) is 12.8 Å². The Morgan fingerprint density at radius 2 is 2.25 bits per heavy atom. The van der Waals surface area contributed by atoms with Crippen LogP contribution in [0.25, 0.3) is 0 Å². The van der Waals surface area contributed by atoms with Crippen molar-refractivity contribution in [1.82, 2.24) is 15.5 Å². The van der Waals surface area contributed by atoms with Gasteiger partial charge in [-0.1, -0.05) is 5.16 Å². The second-order valence-electron chi connectivity index (χ2n) is 5.20. The first-order valence-electron chi connectivity index (χ1n) is 6.86. The number of carbonyl (C=O) groups is 2. The van der Waals surface area contributed by atoms with Gasteiger partial charge in [0.25, 0.3) is 0 Å². The van der Waals surface area contributed by atoms with E-state index in [2.05, 4.69) is 15.5 Å². The minimum absolute atomic E-state index is 0.00533. The van der Waals surface area contributed by atoms with Gasteiger partial charge in [0.15, 0.2) is 5.82 Å². The summed E-state index contributed by atoms with van der Waals surface area (Å²) in [6, 6.07) is -0.00533. The van der Waals surface area contributed by atoms with E-state index < -0.39 is 5.97 Å². The van der Waals surface area contributed by atoms with Gasteiger partial charge in [0.1, 0.15) is 0 Å². The van der Waals surface area contributed by atoms with Crippen LogP contribution >= 0.6 is 0 Å². The van der Waals surface area contributed by atoms with E-state index in [1.807, 2.05) is 0 Å². The van der Waals surface area contributed by atoms with Crippen molar-refractivity contribution >= 4 is 11.9 Å². The largest absolute Gasteiger partial charge is 0.481 e. The average Bonchev–Trinajstić information content (AvgIpc) is 2.99. The number of carboxylic acids is 1. The van der Waals surface area contributed by atoms with Crippen molar-refractivity contribution in [2.45, 2.75) is 51.5 Å². The number of amides is 1. The fraction of sp³-hybridized carbons (Fsp3) is 0.692. The van der Waals surface area contributed by atoms with Crippen LogP contribution in [0.3, 0.4) is 0 Å². The second-order valence-corrected chi connectivity index (χ2v) is 5.20. The molecular weight excluding hydrogens is 262 g/mol. The van der Waals surface area contributed by atoms with Crippen molar-refractivity contribution in [2.24, 2.45) is 5.92 Å². The van der Waals surface area contributed by atoms with E-state index in [-0.39, 0.29) is 17.9 Å². The molecule has 1 aliphatic carbocycles. The minimum Gasteiger partial charge on any atom is -0.481 e. The fourth-order valence-corrected chi connectivity index (χ4v) is 2.48. The highest BCUT2D eigenvalue weighted by atomic mass is 16.5. The van der Waals surface area contributed by atoms with Crippen molar-refractivity contribution in [3.8, 4) is 0 Å². The van der Waals surface area contributed by atoms with E-state index in [1.165, 1.54) is 0 Å². The number of aryl methyl sites for hydroxylation is 2. The Balaban J connectivity index is 1.65. The van der Waals surface area contributed by atoms with Crippen molar-refractivity contribution in [3.05, 3.63) is 11.7 Å². The zero-order valence-corrected chi connectivity index (χ0v) is 11.5. The number of carbonyl (C=O) groups excluding carboxylic acids is 1. The molecule has 1 aliphatic rings. The molecule has 1 aromatic rings. The topological polar surface area (TPSA) is 105 Å². The van der Waals surface area contributed by atoms with Gasteiger partial charge in [-0.15, -0.1) is 0 Å². The molecule has 110 valence electrons. The van der Waals surface area contributed by atoms with Gasteiger partial charge in [-0.2, -0.15) is 4.98 Å². The molecule has 1 heterocycles. The molecule has 0 aromatic carbocycles. The Morgan fingerprint density at radius 3 is 2.85 bits per heavy atom. The summed E-state index contributed by atoms with van der Waals surface area (Å²) in [6.07, 6.45) is 3.52. The lowest BCUT2D eigenvalue weighted by molar-refractivity contribution is -0.141. The molecule has 1 aromatic heterocycles. The Bertz CT molecular complexity index is 486. The Kier molecular flexibility index (Phi) is 4.70. The van der Waals surface area contributed by atoms with Crippen LogP contribution in [0.1, 0.15) is 43.8 Å². The third-order valence-corrected chi connectivity index (χ3v) is 3.51. The molecule has 2 rings (SSSR count). The van der Waals surface area contributed by atoms with Crippen LogP contribution in [-0.2, 0) is 16.0 Å². The molecule has 0 aliphatic heterocycles. The molecule has 7 heteroatoms. The fourth-order valence-electron chi connectivity index (χ4n) is 2.48. The number of nitrogens with zero attached hydrogens (tertiary/aromatic N) is 2. The standard InChI is InChI=1S/C13H19N3O4/c1-8-14-12(20-16-8)4-2-3-11(17)15-10-6-5-9(7-10)13(18)19/h9-10H,2-7H2,1H3,(H,15,17)(H,18,19)/t9-,10+/m1/s1. The van der Waals surface area contributed by atoms with Gasteiger partial charge < -0.3 is 14.9 Å². The van der Waals surface area contributed by atoms with E-state index in [0.717, 1.165) is 6.42 Å². The predicted octanol–water partition coefficient (Wildman–Crippen LogP) is 1.07. The SMILES string of the molecule is Cc1noc(CCCC(=O)N[C@H]2CC[C@@H](C(=O)O)C2)n1. The molecule has 0 unspecified atom stereocenters. The molecule has 1 amide bonds. The first-order valence-corrected chi connectivity index (χ1v) is 6.86. The molecule has 1 fully saturated rings. The van der Waals surface area contributed by atoms with Crippen LogP contribution in [0.2, 0.25) is 0 Å². The summed E-state index contributed by atoms with van der Waals surface area (Å²) < 4.78 is 4.96. The predicted molar refractivity (Wildman–Crippen MR) is 68.9 cm³/mol. The van der Waals surface area contributed by atoms with Gasteiger partial charge in [0.2, 0.25) is 11.8 Å². The maximum Gasteiger partial charge on any atom is 0.306 e. The van der Waals surface area contributed by atoms with Crippen LogP contribution in [-0.4, -0.2) is 33.2 Å². The first kappa shape index (κ1) is 14.5. The smallest absolute Gasteiger partial charge is 0.306 e. The molecule has 0 saturated heterocycles. The molecular formula is C13H19N3O4. The highest BCUT2D eigenvalue weighted by molar-refractivity contribution is 5.76. The van der Waals surface area contributed by atoms with E-state index in [9.17, 15) is 9.59 Å². The summed E-state index contributed by atoms with van der Waals surface area (Å²) >= 11 is 0. The molecule has 2 N–H and O–H groups in total. The number of aromatic nitrogens is 2. The average molecular weight is 281 g/mol. The number of hydrogen-bond donors (Lipinski definition) is 2. The second kappa shape index (κ2) is 6.49. The van der Waals surface area contributed by atoms with Crippen molar-refractivity contribution in [3.63, 3.8) is 0 Å². The van der Waals surface area contributed by atoms with Crippen molar-refractivity contribution < 1.29 is 19.2 Å². The number of aliphatic carboxylic acids is 1. The van der Waals surface area contributed by atoms with Crippen LogP contribution in [0.15, 0.2) is 4.52 Å². The summed E-state index contributed by atoms with van der Waals surface area (Å²) in [7, 11) is 0. The summed E-state index contributed by atoms with van der Waals surface area (Å²) in [5.74, 6) is 0.00434. The molecule has 1 saturated carbocycles. The number of carboxylic acid groups (broad SMARTS) is 1. The zero-order valence-electron chi connectivity index (χ0n) is 11.5. The molecule has 0 bridgehead atoms. The van der Waals surface area contributed by atoms with Gasteiger partial charge in [0.05, 0.1) is 5.92 Å². The first-order chi connectivity index (χ1) is 9.54. The van der Waals surface area contributed by atoms with Crippen molar-refractivity contribution in [1.29, 1.82) is 0 Å². The van der Waals surface area contributed by atoms with E-state index >= 15 is 0 Å². The van der Waals surface area contributed by atoms with E-state index in [1.54, 1.807) is 6.92 Å². The lowest BCUT2D eigenvalue weighted by Gasteiger charge is -2.11. The third-order valence-electron chi connectivity index (χ3n) is 3.51. The maximum atomic E-state index is 11.7. The third kappa shape index (κ3) is 4.04. The molecule has 20 heavy (non-hydrogen) atoms. The van der Waals surface area contributed by atoms with Gasteiger partial charge in [-0.25, -0.2) is 0 Å². The summed E-state index contributed by atoms with van der Waals surface area (Å²) in [5.41, 5.74) is 0. The zero-order chi connectivity index (χ0) is 14.5. The van der Waals surface area contributed by atoms with Gasteiger partial charge >= 0.3 is 5.97 Å². The van der Waals surface area contributed by atoms with E-state index in [4.69, 9.17) is 9.63 Å². The Hall–Kier alpha value is -1.92. The summed E-state index contributed by atoms with van der Waals surface area (Å²) in [6.45, 7) is 1.75. The number of nitrogens with one attached hydrogen (secondary N) is 1. The monoisotopic (exact) mass is 281 g/mol. The normalized spacial score (nSPS) is 21.9. The van der Waals surface area contributed by atoms with Crippen LogP contribution in [0.5, 0.6) is 0 Å². The maximum absolute atomic E-state index is 11.7. The molecule has 2 atom stereocenters. The molecule has 0 radical (unpaired) electrons. The van der Waals surface area contributed by atoms with Gasteiger partial charge in [-0.3, -0.25) is 9.59 Å². The quantitative estimate of drug-likeness (QED) is 0.808. The number of hydrogen-bond acceptors (Lipinski definition) is 5. The van der Waals surface area contributed by atoms with Gasteiger partial charge in [-0.05, 0) is 32.6 Å². The lowest BCUT2D eigenvalue weighted by atomic mass is 10.1. The minimum atomic E-state index is -0.770. The molecule has 0 spiro atoms. The van der Waals surface area contributed by atoms with Gasteiger partial charge in [0, 0.05) is 18.9 Å². The highest BCUT2D eigenvalue weighted by Crippen LogP contribution is 2.25. The summed E-state index contributed by atoms with van der Waals surface area (Å²) in [5, 5.41) is 15.5. The lowest BCUT2D eigenvalue weighted by Crippen LogP contribution is -2.33. The summed E-state index contributed by atoms with van der Waals surface area (Å²) in [4.78, 5) is 26.6. The Morgan fingerprint density at radius 1 is 1.45 bits per heavy atom. The number of rotatable bonds is 6. The van der Waals surface area contributed by atoms with Crippen LogP contribution in [0.4, 0.5) is 0 Å².